The van der Waals surface area contributed by atoms with Crippen LogP contribution >= 0.6 is 0 Å². The van der Waals surface area contributed by atoms with Gasteiger partial charge in [0.1, 0.15) is 24.4 Å². The van der Waals surface area contributed by atoms with Crippen LogP contribution in [0, 0.1) is 15.9 Å². The molecule has 0 amide bonds. The predicted molar refractivity (Wildman–Crippen MR) is 63.1 cm³/mol. The lowest BCUT2D eigenvalue weighted by atomic mass is 10.3. The topological polar surface area (TPSA) is 103 Å². The van der Waals surface area contributed by atoms with Crippen LogP contribution in [0.25, 0.3) is 0 Å². The number of furan rings is 1. The summed E-state index contributed by atoms with van der Waals surface area (Å²) >= 11 is 0. The van der Waals surface area contributed by atoms with Crippen LogP contribution in [0.2, 0.25) is 0 Å². The minimum absolute atomic E-state index is 0.0581. The van der Waals surface area contributed by atoms with E-state index in [4.69, 9.17) is 14.3 Å². The SMILES string of the molecule is O=C(O)c1coc(COc2ccc(F)cc2[N+](=O)[O-])c1. The highest BCUT2D eigenvalue weighted by molar-refractivity contribution is 5.87. The van der Waals surface area contributed by atoms with E-state index < -0.39 is 22.4 Å². The fourth-order valence-electron chi connectivity index (χ4n) is 1.47. The van der Waals surface area contributed by atoms with Crippen molar-refractivity contribution < 1.29 is 28.4 Å². The Balaban J connectivity index is 2.14. The maximum absolute atomic E-state index is 12.9. The quantitative estimate of drug-likeness (QED) is 0.667. The number of nitrogens with zero attached hydrogens (tertiary/aromatic N) is 1. The van der Waals surface area contributed by atoms with E-state index in [0.29, 0.717) is 0 Å². The molecular weight excluding hydrogens is 273 g/mol. The minimum atomic E-state index is -1.16. The van der Waals surface area contributed by atoms with Crippen LogP contribution in [0.4, 0.5) is 10.1 Å². The summed E-state index contributed by atoms with van der Waals surface area (Å²) in [5, 5.41) is 19.4. The summed E-state index contributed by atoms with van der Waals surface area (Å²) in [6.45, 7) is -0.209. The van der Waals surface area contributed by atoms with Gasteiger partial charge in [-0.3, -0.25) is 10.1 Å². The third kappa shape index (κ3) is 2.91. The largest absolute Gasteiger partial charge is 0.479 e. The average molecular weight is 281 g/mol. The van der Waals surface area contributed by atoms with E-state index >= 15 is 0 Å². The van der Waals surface area contributed by atoms with Crippen molar-refractivity contribution in [1.82, 2.24) is 0 Å². The van der Waals surface area contributed by atoms with Gasteiger partial charge >= 0.3 is 11.7 Å². The Morgan fingerprint density at radius 2 is 2.20 bits per heavy atom. The van der Waals surface area contributed by atoms with Crippen molar-refractivity contribution >= 4 is 11.7 Å². The highest BCUT2D eigenvalue weighted by Gasteiger charge is 2.17. The Labute approximate surface area is 111 Å². The first-order valence-electron chi connectivity index (χ1n) is 5.35. The zero-order valence-corrected chi connectivity index (χ0v) is 9.91. The lowest BCUT2D eigenvalue weighted by molar-refractivity contribution is -0.386. The lowest BCUT2D eigenvalue weighted by Gasteiger charge is -2.04. The lowest BCUT2D eigenvalue weighted by Crippen LogP contribution is -1.99. The molecule has 0 aliphatic heterocycles. The molecule has 0 radical (unpaired) electrons. The Kier molecular flexibility index (Phi) is 3.65. The standard InChI is InChI=1S/C12H8FNO6/c13-8-1-2-11(10(4-8)14(17)18)20-6-9-3-7(5-19-9)12(15)16/h1-5H,6H2,(H,15,16). The smallest absolute Gasteiger partial charge is 0.338 e. The van der Waals surface area contributed by atoms with E-state index in [-0.39, 0.29) is 23.7 Å². The molecule has 1 aromatic carbocycles. The summed E-state index contributed by atoms with van der Waals surface area (Å²) < 4.78 is 23.0. The van der Waals surface area contributed by atoms with Gasteiger partial charge in [-0.2, -0.15) is 0 Å². The maximum Gasteiger partial charge on any atom is 0.338 e. The molecule has 0 bridgehead atoms. The summed E-state index contributed by atoms with van der Waals surface area (Å²) in [6.07, 6.45) is 1.03. The first-order chi connectivity index (χ1) is 9.47. The number of hydrogen-bond donors (Lipinski definition) is 1. The second kappa shape index (κ2) is 5.39. The van der Waals surface area contributed by atoms with Gasteiger partial charge in [-0.25, -0.2) is 9.18 Å². The van der Waals surface area contributed by atoms with Crippen LogP contribution in [0.3, 0.4) is 0 Å². The van der Waals surface area contributed by atoms with Crippen molar-refractivity contribution in [2.24, 2.45) is 0 Å². The molecule has 0 spiro atoms. The Morgan fingerprint density at radius 1 is 1.45 bits per heavy atom. The van der Waals surface area contributed by atoms with E-state index in [2.05, 4.69) is 0 Å². The molecule has 2 aromatic rings. The van der Waals surface area contributed by atoms with Crippen molar-refractivity contribution in [1.29, 1.82) is 0 Å². The molecule has 1 heterocycles. The summed E-state index contributed by atoms with van der Waals surface area (Å²) in [5.74, 6) is -1.87. The molecule has 104 valence electrons. The van der Waals surface area contributed by atoms with Crippen molar-refractivity contribution in [3.8, 4) is 5.75 Å². The molecule has 20 heavy (non-hydrogen) atoms. The Bertz CT molecular complexity index is 666. The molecular formula is C12H8FNO6. The highest BCUT2D eigenvalue weighted by atomic mass is 19.1. The number of carbonyl (C=O) groups is 1. The van der Waals surface area contributed by atoms with Gasteiger partial charge < -0.3 is 14.3 Å². The summed E-state index contributed by atoms with van der Waals surface area (Å²) in [4.78, 5) is 20.6. The van der Waals surface area contributed by atoms with Crippen LogP contribution in [0.5, 0.6) is 5.75 Å². The maximum atomic E-state index is 12.9. The third-order valence-electron chi connectivity index (χ3n) is 2.39. The monoisotopic (exact) mass is 281 g/mol. The van der Waals surface area contributed by atoms with Gasteiger partial charge in [0.2, 0.25) is 0 Å². The number of benzene rings is 1. The van der Waals surface area contributed by atoms with Crippen LogP contribution in [0.1, 0.15) is 16.1 Å². The number of ether oxygens (including phenoxy) is 1. The zero-order chi connectivity index (χ0) is 14.7. The number of carboxylic acids is 1. The average Bonchev–Trinajstić information content (AvgIpc) is 2.86. The molecule has 1 aromatic heterocycles. The number of rotatable bonds is 5. The second-order valence-corrected chi connectivity index (χ2v) is 3.76. The van der Waals surface area contributed by atoms with Gasteiger partial charge in [0.05, 0.1) is 16.6 Å². The summed E-state index contributed by atoms with van der Waals surface area (Å²) in [5.41, 5.74) is -0.577. The highest BCUT2D eigenvalue weighted by Crippen LogP contribution is 2.28. The number of hydrogen-bond acceptors (Lipinski definition) is 5. The van der Waals surface area contributed by atoms with Gasteiger partial charge in [-0.15, -0.1) is 0 Å². The molecule has 0 atom stereocenters. The molecule has 1 N–H and O–H groups in total. The van der Waals surface area contributed by atoms with Gasteiger partial charge in [0.15, 0.2) is 5.75 Å². The number of aromatic carboxylic acids is 1. The summed E-state index contributed by atoms with van der Waals surface area (Å²) in [7, 11) is 0. The number of nitro benzene ring substituents is 1. The predicted octanol–water partition coefficient (Wildman–Crippen LogP) is 2.60. The first-order valence-corrected chi connectivity index (χ1v) is 5.35. The third-order valence-corrected chi connectivity index (χ3v) is 2.39. The van der Waals surface area contributed by atoms with Crippen LogP contribution < -0.4 is 4.74 Å². The minimum Gasteiger partial charge on any atom is -0.479 e. The molecule has 7 nitrogen and oxygen atoms in total. The first kappa shape index (κ1) is 13.5. The van der Waals surface area contributed by atoms with Gasteiger partial charge in [0.25, 0.3) is 0 Å². The molecule has 0 fully saturated rings. The van der Waals surface area contributed by atoms with Gasteiger partial charge in [0, 0.05) is 0 Å². The Hall–Kier alpha value is -2.90. The second-order valence-electron chi connectivity index (χ2n) is 3.76. The van der Waals surface area contributed by atoms with E-state index in [1.54, 1.807) is 0 Å². The molecule has 8 heteroatoms. The zero-order valence-electron chi connectivity index (χ0n) is 9.91. The van der Waals surface area contributed by atoms with E-state index in [0.717, 1.165) is 24.5 Å². The molecule has 0 aliphatic carbocycles. The molecule has 0 saturated heterocycles. The van der Waals surface area contributed by atoms with Gasteiger partial charge in [-0.05, 0) is 18.2 Å². The number of halogens is 1. The van der Waals surface area contributed by atoms with Crippen LogP contribution in [-0.2, 0) is 6.61 Å². The number of nitro groups is 1. The Morgan fingerprint density at radius 3 is 2.80 bits per heavy atom. The van der Waals surface area contributed by atoms with Crippen molar-refractivity contribution in [2.45, 2.75) is 6.61 Å². The molecule has 0 unspecified atom stereocenters. The van der Waals surface area contributed by atoms with Gasteiger partial charge in [-0.1, -0.05) is 0 Å². The van der Waals surface area contributed by atoms with Crippen molar-refractivity contribution in [2.75, 3.05) is 0 Å². The van der Waals surface area contributed by atoms with Crippen LogP contribution in [-0.4, -0.2) is 16.0 Å². The molecule has 0 aliphatic rings. The normalized spacial score (nSPS) is 10.2. The fraction of sp³-hybridized carbons (Fsp3) is 0.0833. The van der Waals surface area contributed by atoms with Crippen molar-refractivity contribution in [3.05, 3.63) is 57.8 Å². The van der Waals surface area contributed by atoms with E-state index in [9.17, 15) is 19.3 Å². The van der Waals surface area contributed by atoms with E-state index in [1.807, 2.05) is 0 Å². The molecule has 2 rings (SSSR count). The van der Waals surface area contributed by atoms with Crippen molar-refractivity contribution in [3.63, 3.8) is 0 Å². The van der Waals surface area contributed by atoms with Crippen LogP contribution in [0.15, 0.2) is 34.9 Å². The van der Waals surface area contributed by atoms with E-state index in [1.165, 1.54) is 6.07 Å². The summed E-state index contributed by atoms with van der Waals surface area (Å²) in [6, 6.07) is 4.11. The fourth-order valence-corrected chi connectivity index (χ4v) is 1.47. The molecule has 0 saturated carbocycles. The number of carboxylic acid groups (broad SMARTS) is 1.